The Balaban J connectivity index is 2.77. The van der Waals surface area contributed by atoms with Gasteiger partial charge in [0.2, 0.25) is 0 Å². The quantitative estimate of drug-likeness (QED) is 0.665. The lowest BCUT2D eigenvalue weighted by molar-refractivity contribution is -0.137. The van der Waals surface area contributed by atoms with Crippen LogP contribution in [-0.2, 0) is 4.79 Å². The fraction of sp³-hybridized carbons (Fsp3) is 0.300. The highest BCUT2D eigenvalue weighted by Gasteiger charge is 2.15. The number of anilines is 1. The third-order valence-corrected chi connectivity index (χ3v) is 2.32. The van der Waals surface area contributed by atoms with Crippen LogP contribution in [0.25, 0.3) is 0 Å². The average molecular weight is 211 g/mol. The van der Waals surface area contributed by atoms with E-state index >= 15 is 0 Å². The summed E-state index contributed by atoms with van der Waals surface area (Å²) in [5.41, 5.74) is 1.87. The van der Waals surface area contributed by atoms with Crippen molar-refractivity contribution in [2.45, 2.75) is 13.0 Å². The molecule has 0 aliphatic rings. The van der Waals surface area contributed by atoms with E-state index in [1.54, 1.807) is 0 Å². The van der Waals surface area contributed by atoms with Gasteiger partial charge < -0.3 is 10.4 Å². The summed E-state index contributed by atoms with van der Waals surface area (Å²) in [7, 11) is 0. The van der Waals surface area contributed by atoms with Gasteiger partial charge in [-0.05, 0) is 18.6 Å². The Morgan fingerprint density at radius 1 is 1.57 bits per heavy atom. The number of aliphatic carboxylic acids is 1. The normalized spacial score (nSPS) is 12.1. The first-order valence-corrected chi connectivity index (χ1v) is 4.94. The molecule has 0 amide bonds. The second-order valence-electron chi connectivity index (χ2n) is 3.03. The van der Waals surface area contributed by atoms with Gasteiger partial charge in [-0.15, -0.1) is 0 Å². The Labute approximate surface area is 88.6 Å². The van der Waals surface area contributed by atoms with Crippen molar-refractivity contribution in [2.75, 3.05) is 11.1 Å². The highest BCUT2D eigenvalue weighted by Crippen LogP contribution is 2.14. The number of carbonyl (C=O) groups is 1. The van der Waals surface area contributed by atoms with Gasteiger partial charge in [0, 0.05) is 11.4 Å². The molecule has 0 bridgehead atoms. The van der Waals surface area contributed by atoms with E-state index in [1.165, 1.54) is 0 Å². The number of benzene rings is 1. The molecule has 0 saturated carbocycles. The van der Waals surface area contributed by atoms with Gasteiger partial charge in [0.05, 0.1) is 0 Å². The third kappa shape index (κ3) is 2.67. The van der Waals surface area contributed by atoms with Gasteiger partial charge in [0.1, 0.15) is 6.04 Å². The van der Waals surface area contributed by atoms with Crippen molar-refractivity contribution < 1.29 is 9.90 Å². The lowest BCUT2D eigenvalue weighted by Crippen LogP contribution is -2.31. The molecule has 1 atom stereocenters. The first-order valence-electron chi connectivity index (χ1n) is 4.31. The molecule has 0 heterocycles. The van der Waals surface area contributed by atoms with Gasteiger partial charge in [-0.25, -0.2) is 4.79 Å². The van der Waals surface area contributed by atoms with Crippen molar-refractivity contribution in [1.29, 1.82) is 0 Å². The maximum absolute atomic E-state index is 10.7. The molecule has 1 aromatic rings. The molecule has 1 rings (SSSR count). The van der Waals surface area contributed by atoms with Crippen molar-refractivity contribution >= 4 is 24.3 Å². The van der Waals surface area contributed by atoms with Crippen LogP contribution in [0.5, 0.6) is 0 Å². The fourth-order valence-electron chi connectivity index (χ4n) is 1.11. The molecule has 0 unspecified atom stereocenters. The minimum atomic E-state index is -0.886. The first kappa shape index (κ1) is 10.9. The zero-order valence-electron chi connectivity index (χ0n) is 7.90. The number of thiol groups is 1. The molecule has 0 aliphatic heterocycles. The average Bonchev–Trinajstić information content (AvgIpc) is 2.16. The first-order chi connectivity index (χ1) is 6.65. The van der Waals surface area contributed by atoms with Crippen LogP contribution in [0.15, 0.2) is 24.3 Å². The number of carboxylic acid groups (broad SMARTS) is 1. The van der Waals surface area contributed by atoms with Crippen molar-refractivity contribution in [3.05, 3.63) is 29.8 Å². The number of rotatable bonds is 4. The minimum absolute atomic E-state index is 0.268. The topological polar surface area (TPSA) is 49.3 Å². The summed E-state index contributed by atoms with van der Waals surface area (Å²) >= 11 is 3.98. The Morgan fingerprint density at radius 3 is 2.71 bits per heavy atom. The molecule has 0 spiro atoms. The minimum Gasteiger partial charge on any atom is -0.480 e. The highest BCUT2D eigenvalue weighted by molar-refractivity contribution is 7.80. The molecule has 0 fully saturated rings. The van der Waals surface area contributed by atoms with Crippen LogP contribution in [0, 0.1) is 6.92 Å². The van der Waals surface area contributed by atoms with E-state index in [4.69, 9.17) is 5.11 Å². The molecular formula is C10H13NO2S. The van der Waals surface area contributed by atoms with E-state index in [0.717, 1.165) is 11.3 Å². The lowest BCUT2D eigenvalue weighted by Gasteiger charge is -2.14. The number of para-hydroxylation sites is 1. The predicted molar refractivity (Wildman–Crippen MR) is 60.1 cm³/mol. The molecule has 3 nitrogen and oxygen atoms in total. The van der Waals surface area contributed by atoms with Gasteiger partial charge in [-0.2, -0.15) is 12.6 Å². The van der Waals surface area contributed by atoms with Crippen LogP contribution >= 0.6 is 12.6 Å². The summed E-state index contributed by atoms with van der Waals surface area (Å²) in [4.78, 5) is 10.7. The molecule has 2 N–H and O–H groups in total. The summed E-state index contributed by atoms with van der Waals surface area (Å²) in [5.74, 6) is -0.618. The Kier molecular flexibility index (Phi) is 3.83. The van der Waals surface area contributed by atoms with Crippen molar-refractivity contribution in [3.8, 4) is 0 Å². The molecule has 0 aliphatic carbocycles. The van der Waals surface area contributed by atoms with E-state index in [9.17, 15) is 4.79 Å². The number of nitrogens with one attached hydrogen (secondary N) is 1. The molecule has 0 saturated heterocycles. The van der Waals surface area contributed by atoms with Crippen LogP contribution in [0.1, 0.15) is 5.56 Å². The zero-order valence-corrected chi connectivity index (χ0v) is 8.79. The second-order valence-corrected chi connectivity index (χ2v) is 3.40. The van der Waals surface area contributed by atoms with Gasteiger partial charge in [-0.1, -0.05) is 18.2 Å². The van der Waals surface area contributed by atoms with E-state index in [-0.39, 0.29) is 5.75 Å². The highest BCUT2D eigenvalue weighted by atomic mass is 32.1. The second kappa shape index (κ2) is 4.91. The van der Waals surface area contributed by atoms with Gasteiger partial charge in [0.15, 0.2) is 0 Å². The van der Waals surface area contributed by atoms with Crippen LogP contribution in [0.2, 0.25) is 0 Å². The van der Waals surface area contributed by atoms with Crippen LogP contribution in [-0.4, -0.2) is 22.9 Å². The maximum atomic E-state index is 10.7. The maximum Gasteiger partial charge on any atom is 0.326 e. The Morgan fingerprint density at radius 2 is 2.21 bits per heavy atom. The largest absolute Gasteiger partial charge is 0.480 e. The van der Waals surface area contributed by atoms with Crippen LogP contribution < -0.4 is 5.32 Å². The SMILES string of the molecule is Cc1ccccc1N[C@@H](CS)C(=O)O. The molecule has 76 valence electrons. The van der Waals surface area contributed by atoms with Gasteiger partial charge in [-0.3, -0.25) is 0 Å². The summed E-state index contributed by atoms with van der Waals surface area (Å²) in [6.45, 7) is 1.93. The summed E-state index contributed by atoms with van der Waals surface area (Å²) < 4.78 is 0. The van der Waals surface area contributed by atoms with E-state index in [1.807, 2.05) is 31.2 Å². The Hall–Kier alpha value is -1.16. The summed E-state index contributed by atoms with van der Waals surface area (Å²) in [6, 6.07) is 6.93. The van der Waals surface area contributed by atoms with Gasteiger partial charge >= 0.3 is 5.97 Å². The van der Waals surface area contributed by atoms with Crippen molar-refractivity contribution in [3.63, 3.8) is 0 Å². The number of carboxylic acids is 1. The molecular weight excluding hydrogens is 198 g/mol. The van der Waals surface area contributed by atoms with E-state index in [0.29, 0.717) is 0 Å². The van der Waals surface area contributed by atoms with Crippen molar-refractivity contribution in [1.82, 2.24) is 0 Å². The van der Waals surface area contributed by atoms with Crippen LogP contribution in [0.3, 0.4) is 0 Å². The molecule has 4 heteroatoms. The van der Waals surface area contributed by atoms with Crippen molar-refractivity contribution in [2.24, 2.45) is 0 Å². The zero-order chi connectivity index (χ0) is 10.6. The predicted octanol–water partition coefficient (Wildman–Crippen LogP) is 1.79. The van der Waals surface area contributed by atoms with E-state index in [2.05, 4.69) is 17.9 Å². The standard InChI is InChI=1S/C10H13NO2S/c1-7-4-2-3-5-8(7)11-9(6-14)10(12)13/h2-5,9,11,14H,6H2,1H3,(H,12,13)/t9-/m0/s1. The number of aryl methyl sites for hydroxylation is 1. The smallest absolute Gasteiger partial charge is 0.326 e. The lowest BCUT2D eigenvalue weighted by atomic mass is 10.2. The van der Waals surface area contributed by atoms with Crippen LogP contribution in [0.4, 0.5) is 5.69 Å². The molecule has 0 radical (unpaired) electrons. The number of hydrogen-bond acceptors (Lipinski definition) is 3. The summed E-state index contributed by atoms with van der Waals surface area (Å²) in [5, 5.41) is 11.7. The monoisotopic (exact) mass is 211 g/mol. The van der Waals surface area contributed by atoms with Gasteiger partial charge in [0.25, 0.3) is 0 Å². The molecule has 0 aromatic heterocycles. The molecule has 1 aromatic carbocycles. The number of hydrogen-bond donors (Lipinski definition) is 3. The third-order valence-electron chi connectivity index (χ3n) is 1.96. The summed E-state index contributed by atoms with van der Waals surface area (Å²) in [6.07, 6.45) is 0. The Bertz CT molecular complexity index is 328. The fourth-order valence-corrected chi connectivity index (χ4v) is 1.36. The van der Waals surface area contributed by atoms with E-state index < -0.39 is 12.0 Å². The molecule has 14 heavy (non-hydrogen) atoms.